The highest BCUT2D eigenvalue weighted by Gasteiger charge is 2.07. The van der Waals surface area contributed by atoms with E-state index in [-0.39, 0.29) is 18.0 Å². The molecule has 0 aliphatic carbocycles. The zero-order valence-electron chi connectivity index (χ0n) is 11.4. The summed E-state index contributed by atoms with van der Waals surface area (Å²) in [7, 11) is 0. The van der Waals surface area contributed by atoms with Crippen LogP contribution >= 0.6 is 0 Å². The van der Waals surface area contributed by atoms with Crippen molar-refractivity contribution in [1.82, 2.24) is 5.32 Å². The lowest BCUT2D eigenvalue weighted by atomic mass is 10.1. The number of amides is 1. The molecule has 0 aliphatic rings. The van der Waals surface area contributed by atoms with Gasteiger partial charge in [0.1, 0.15) is 0 Å². The van der Waals surface area contributed by atoms with Gasteiger partial charge in [-0.25, -0.2) is 4.79 Å². The van der Waals surface area contributed by atoms with Gasteiger partial charge in [-0.15, -0.1) is 0 Å². The Morgan fingerprint density at radius 1 is 1.14 bits per heavy atom. The lowest BCUT2D eigenvalue weighted by molar-refractivity contribution is 0.0696. The van der Waals surface area contributed by atoms with Gasteiger partial charge < -0.3 is 10.4 Å². The second-order valence-electron chi connectivity index (χ2n) is 4.42. The average molecular weight is 296 g/mol. The number of carbonyl (C=O) groups is 2. The molecule has 22 heavy (non-hydrogen) atoms. The fraction of sp³-hybridized carbons (Fsp3) is 0.0667. The predicted molar refractivity (Wildman–Crippen MR) is 79.8 cm³/mol. The molecule has 0 heterocycles. The number of rotatable bonds is 5. The zero-order chi connectivity index (χ0) is 15.9. The van der Waals surface area contributed by atoms with E-state index in [2.05, 4.69) is 15.3 Å². The van der Waals surface area contributed by atoms with Gasteiger partial charge in [-0.2, -0.15) is 0 Å². The van der Waals surface area contributed by atoms with E-state index < -0.39 is 5.97 Å². The normalized spacial score (nSPS) is 9.64. The van der Waals surface area contributed by atoms with E-state index in [1.165, 1.54) is 12.1 Å². The van der Waals surface area contributed by atoms with Crippen LogP contribution in [-0.2, 0) is 6.54 Å². The summed E-state index contributed by atoms with van der Waals surface area (Å²) in [6.45, 7) is 0.220. The minimum atomic E-state index is -1.01. The maximum absolute atomic E-state index is 12.0. The topological polar surface area (TPSA) is 115 Å². The quantitative estimate of drug-likeness (QED) is 0.501. The van der Waals surface area contributed by atoms with E-state index in [1.54, 1.807) is 36.4 Å². The van der Waals surface area contributed by atoms with E-state index >= 15 is 0 Å². The van der Waals surface area contributed by atoms with Crippen molar-refractivity contribution in [2.45, 2.75) is 6.54 Å². The molecule has 0 saturated carbocycles. The molecule has 2 aromatic carbocycles. The van der Waals surface area contributed by atoms with Gasteiger partial charge in [-0.1, -0.05) is 29.4 Å². The molecule has 7 heteroatoms. The summed E-state index contributed by atoms with van der Waals surface area (Å²) < 4.78 is 0. The third kappa shape index (κ3) is 3.84. The van der Waals surface area contributed by atoms with Gasteiger partial charge in [0.05, 0.1) is 5.56 Å². The van der Waals surface area contributed by atoms with Gasteiger partial charge in [0.2, 0.25) is 0 Å². The molecule has 0 atom stereocenters. The molecule has 7 nitrogen and oxygen atoms in total. The smallest absolute Gasteiger partial charge is 0.335 e. The van der Waals surface area contributed by atoms with Crippen molar-refractivity contribution in [3.63, 3.8) is 0 Å². The third-order valence-electron chi connectivity index (χ3n) is 2.92. The third-order valence-corrected chi connectivity index (χ3v) is 2.92. The fourth-order valence-corrected chi connectivity index (χ4v) is 1.83. The standard InChI is InChI=1S/C15H12N4O3/c16-19-18-13-6-4-11(5-7-13)14(20)17-9-10-2-1-3-12(8-10)15(21)22/h1-8H,9H2,(H,17,20)(H,21,22). The molecule has 0 radical (unpaired) electrons. The number of azide groups is 1. The first-order valence-corrected chi connectivity index (χ1v) is 6.36. The van der Waals surface area contributed by atoms with Crippen molar-refractivity contribution in [1.29, 1.82) is 0 Å². The second-order valence-corrected chi connectivity index (χ2v) is 4.42. The fourth-order valence-electron chi connectivity index (χ4n) is 1.83. The SMILES string of the molecule is [N-]=[N+]=Nc1ccc(C(=O)NCc2cccc(C(=O)O)c2)cc1. The molecule has 0 spiro atoms. The van der Waals surface area contributed by atoms with Crippen molar-refractivity contribution in [2.24, 2.45) is 5.11 Å². The van der Waals surface area contributed by atoms with Crippen molar-refractivity contribution >= 4 is 17.6 Å². The molecule has 2 N–H and O–H groups in total. The number of carboxylic acids is 1. The van der Waals surface area contributed by atoms with Gasteiger partial charge in [0.15, 0.2) is 0 Å². The van der Waals surface area contributed by atoms with Crippen LogP contribution in [0.25, 0.3) is 10.4 Å². The highest BCUT2D eigenvalue weighted by molar-refractivity contribution is 5.94. The van der Waals surface area contributed by atoms with Crippen LogP contribution in [-0.4, -0.2) is 17.0 Å². The molecule has 110 valence electrons. The Morgan fingerprint density at radius 2 is 1.86 bits per heavy atom. The summed E-state index contributed by atoms with van der Waals surface area (Å²) in [6, 6.07) is 12.5. The number of carboxylic acid groups (broad SMARTS) is 1. The molecule has 0 saturated heterocycles. The van der Waals surface area contributed by atoms with Gasteiger partial charge in [-0.3, -0.25) is 4.79 Å². The van der Waals surface area contributed by atoms with E-state index in [9.17, 15) is 9.59 Å². The van der Waals surface area contributed by atoms with Crippen LogP contribution in [0, 0.1) is 0 Å². The molecular weight excluding hydrogens is 284 g/mol. The molecular formula is C15H12N4O3. The summed E-state index contributed by atoms with van der Waals surface area (Å²) in [5.74, 6) is -1.31. The number of hydrogen-bond donors (Lipinski definition) is 2. The summed E-state index contributed by atoms with van der Waals surface area (Å²) in [5, 5.41) is 15.0. The zero-order valence-corrected chi connectivity index (χ0v) is 11.4. The van der Waals surface area contributed by atoms with Crippen molar-refractivity contribution in [3.8, 4) is 0 Å². The molecule has 0 bridgehead atoms. The first-order chi connectivity index (χ1) is 10.6. The summed E-state index contributed by atoms with van der Waals surface area (Å²) >= 11 is 0. The Morgan fingerprint density at radius 3 is 2.50 bits per heavy atom. The minimum Gasteiger partial charge on any atom is -0.478 e. The molecule has 0 aliphatic heterocycles. The monoisotopic (exact) mass is 296 g/mol. The van der Waals surface area contributed by atoms with Crippen molar-refractivity contribution in [3.05, 3.63) is 75.7 Å². The largest absolute Gasteiger partial charge is 0.478 e. The first kappa shape index (κ1) is 15.1. The van der Waals surface area contributed by atoms with E-state index in [1.807, 2.05) is 0 Å². The molecule has 2 aromatic rings. The van der Waals surface area contributed by atoms with Crippen molar-refractivity contribution in [2.75, 3.05) is 0 Å². The van der Waals surface area contributed by atoms with Gasteiger partial charge in [0, 0.05) is 22.7 Å². The number of hydrogen-bond acceptors (Lipinski definition) is 3. The van der Waals surface area contributed by atoms with Crippen LogP contribution < -0.4 is 5.32 Å². The van der Waals surface area contributed by atoms with E-state index in [4.69, 9.17) is 10.6 Å². The number of nitrogens with one attached hydrogen (secondary N) is 1. The minimum absolute atomic E-state index is 0.172. The average Bonchev–Trinajstić information content (AvgIpc) is 2.54. The maximum Gasteiger partial charge on any atom is 0.335 e. The molecule has 0 aromatic heterocycles. The number of aromatic carboxylic acids is 1. The van der Waals surface area contributed by atoms with E-state index in [0.717, 1.165) is 0 Å². The highest BCUT2D eigenvalue weighted by atomic mass is 16.4. The van der Waals surface area contributed by atoms with Gasteiger partial charge in [-0.05, 0) is 35.4 Å². The Kier molecular flexibility index (Phi) is 4.74. The molecule has 0 unspecified atom stereocenters. The lowest BCUT2D eigenvalue weighted by Gasteiger charge is -2.06. The summed E-state index contributed by atoms with van der Waals surface area (Å²) in [5.41, 5.74) is 10.0. The Labute approximate surface area is 125 Å². The molecule has 2 rings (SSSR count). The maximum atomic E-state index is 12.0. The van der Waals surface area contributed by atoms with Gasteiger partial charge in [0.25, 0.3) is 5.91 Å². The Hall–Kier alpha value is -3.31. The second kappa shape index (κ2) is 6.92. The first-order valence-electron chi connectivity index (χ1n) is 6.36. The number of benzene rings is 2. The highest BCUT2D eigenvalue weighted by Crippen LogP contribution is 2.13. The van der Waals surface area contributed by atoms with E-state index in [0.29, 0.717) is 16.8 Å². The molecule has 1 amide bonds. The van der Waals surface area contributed by atoms with Crippen LogP contribution in [0.4, 0.5) is 5.69 Å². The van der Waals surface area contributed by atoms with Crippen LogP contribution in [0.1, 0.15) is 26.3 Å². The van der Waals surface area contributed by atoms with Crippen LogP contribution in [0.5, 0.6) is 0 Å². The van der Waals surface area contributed by atoms with Gasteiger partial charge >= 0.3 is 5.97 Å². The van der Waals surface area contributed by atoms with Crippen LogP contribution in [0.2, 0.25) is 0 Å². The predicted octanol–water partition coefficient (Wildman–Crippen LogP) is 3.26. The lowest BCUT2D eigenvalue weighted by Crippen LogP contribution is -2.22. The van der Waals surface area contributed by atoms with Crippen LogP contribution in [0.15, 0.2) is 53.6 Å². The number of nitrogens with zero attached hydrogens (tertiary/aromatic N) is 3. The van der Waals surface area contributed by atoms with Crippen LogP contribution in [0.3, 0.4) is 0 Å². The van der Waals surface area contributed by atoms with Crippen molar-refractivity contribution < 1.29 is 14.7 Å². The Bertz CT molecular complexity index is 750. The number of carbonyl (C=O) groups excluding carboxylic acids is 1. The molecule has 0 fully saturated rings. The summed E-state index contributed by atoms with van der Waals surface area (Å²) in [4.78, 5) is 25.5. The summed E-state index contributed by atoms with van der Waals surface area (Å²) in [6.07, 6.45) is 0. The Balaban J connectivity index is 2.01.